The maximum absolute atomic E-state index is 12.6. The Balaban J connectivity index is 1.73. The van der Waals surface area contributed by atoms with E-state index >= 15 is 0 Å². The van der Waals surface area contributed by atoms with E-state index in [9.17, 15) is 19.7 Å². The monoisotopic (exact) mass is 353 g/mol. The molecular formula is C19H19N3O4. The van der Waals surface area contributed by atoms with Gasteiger partial charge in [-0.2, -0.15) is 0 Å². The molecule has 7 heteroatoms. The van der Waals surface area contributed by atoms with E-state index in [4.69, 9.17) is 0 Å². The third-order valence-corrected chi connectivity index (χ3v) is 4.53. The molecule has 0 saturated carbocycles. The van der Waals surface area contributed by atoms with E-state index in [-0.39, 0.29) is 23.9 Å². The number of benzene rings is 2. The lowest BCUT2D eigenvalue weighted by Gasteiger charge is -2.17. The fourth-order valence-electron chi connectivity index (χ4n) is 2.95. The van der Waals surface area contributed by atoms with Crippen LogP contribution < -0.4 is 10.2 Å². The van der Waals surface area contributed by atoms with Crippen molar-refractivity contribution in [3.63, 3.8) is 0 Å². The van der Waals surface area contributed by atoms with Crippen molar-refractivity contribution in [1.29, 1.82) is 0 Å². The van der Waals surface area contributed by atoms with Gasteiger partial charge in [-0.1, -0.05) is 23.8 Å². The average Bonchev–Trinajstić information content (AvgIpc) is 2.99. The molecule has 1 aliphatic rings. The van der Waals surface area contributed by atoms with Crippen molar-refractivity contribution in [1.82, 2.24) is 0 Å². The van der Waals surface area contributed by atoms with Crippen LogP contribution in [0.25, 0.3) is 0 Å². The van der Waals surface area contributed by atoms with Gasteiger partial charge >= 0.3 is 0 Å². The number of non-ortho nitro benzene ring substituents is 1. The quantitative estimate of drug-likeness (QED) is 0.675. The number of anilines is 2. The summed E-state index contributed by atoms with van der Waals surface area (Å²) in [6.45, 7) is 4.02. The fraction of sp³-hybridized carbons (Fsp3) is 0.263. The average molecular weight is 353 g/mol. The lowest BCUT2D eigenvalue weighted by molar-refractivity contribution is -0.384. The predicted octanol–water partition coefficient (Wildman–Crippen LogP) is 3.20. The number of aryl methyl sites for hydroxylation is 2. The number of rotatable bonds is 4. The summed E-state index contributed by atoms with van der Waals surface area (Å²) in [6, 6.07) is 11.9. The summed E-state index contributed by atoms with van der Waals surface area (Å²) < 4.78 is 0. The summed E-state index contributed by atoms with van der Waals surface area (Å²) in [5.74, 6) is -0.913. The third-order valence-electron chi connectivity index (χ3n) is 4.53. The van der Waals surface area contributed by atoms with Crippen LogP contribution in [0.2, 0.25) is 0 Å². The van der Waals surface area contributed by atoms with E-state index in [2.05, 4.69) is 5.32 Å². The van der Waals surface area contributed by atoms with Gasteiger partial charge in [0.2, 0.25) is 11.8 Å². The minimum atomic E-state index is -0.507. The van der Waals surface area contributed by atoms with Crippen LogP contribution in [-0.4, -0.2) is 23.3 Å². The first-order valence-electron chi connectivity index (χ1n) is 8.28. The van der Waals surface area contributed by atoms with E-state index in [0.29, 0.717) is 12.2 Å². The maximum atomic E-state index is 12.6. The van der Waals surface area contributed by atoms with E-state index in [0.717, 1.165) is 16.8 Å². The number of hydrogen-bond donors (Lipinski definition) is 1. The number of carbonyl (C=O) groups is 2. The zero-order chi connectivity index (χ0) is 18.8. The Morgan fingerprint density at radius 3 is 2.54 bits per heavy atom. The molecule has 1 fully saturated rings. The largest absolute Gasteiger partial charge is 0.325 e. The lowest BCUT2D eigenvalue weighted by atomic mass is 10.1. The molecule has 1 saturated heterocycles. The molecular weight excluding hydrogens is 334 g/mol. The number of amides is 2. The molecule has 0 aromatic heterocycles. The summed E-state index contributed by atoms with van der Waals surface area (Å²) in [5.41, 5.74) is 2.89. The van der Waals surface area contributed by atoms with Crippen molar-refractivity contribution in [2.75, 3.05) is 16.8 Å². The molecule has 1 heterocycles. The molecule has 2 aromatic rings. The molecule has 0 aliphatic carbocycles. The molecule has 1 atom stereocenters. The zero-order valence-corrected chi connectivity index (χ0v) is 14.6. The predicted molar refractivity (Wildman–Crippen MR) is 98.1 cm³/mol. The maximum Gasteiger partial charge on any atom is 0.271 e. The minimum Gasteiger partial charge on any atom is -0.325 e. The van der Waals surface area contributed by atoms with E-state index in [1.165, 1.54) is 12.1 Å². The number of nitrogens with one attached hydrogen (secondary N) is 1. The Bertz CT molecular complexity index is 877. The molecule has 26 heavy (non-hydrogen) atoms. The fourth-order valence-corrected chi connectivity index (χ4v) is 2.95. The van der Waals surface area contributed by atoms with Gasteiger partial charge in [0, 0.05) is 30.8 Å². The highest BCUT2D eigenvalue weighted by Crippen LogP contribution is 2.28. The van der Waals surface area contributed by atoms with Crippen LogP contribution >= 0.6 is 0 Å². The molecule has 2 amide bonds. The smallest absolute Gasteiger partial charge is 0.271 e. The molecule has 3 rings (SSSR count). The van der Waals surface area contributed by atoms with Gasteiger partial charge in [0.1, 0.15) is 0 Å². The molecule has 0 bridgehead atoms. The number of nitrogens with zero attached hydrogens (tertiary/aromatic N) is 2. The second kappa shape index (κ2) is 6.95. The van der Waals surface area contributed by atoms with Crippen LogP contribution in [0, 0.1) is 29.9 Å². The molecule has 0 radical (unpaired) electrons. The van der Waals surface area contributed by atoms with Gasteiger partial charge in [-0.3, -0.25) is 19.7 Å². The van der Waals surface area contributed by atoms with Gasteiger partial charge in [0.15, 0.2) is 0 Å². The van der Waals surface area contributed by atoms with Crippen LogP contribution in [0.5, 0.6) is 0 Å². The molecule has 1 aliphatic heterocycles. The van der Waals surface area contributed by atoms with Crippen molar-refractivity contribution in [2.24, 2.45) is 5.92 Å². The lowest BCUT2D eigenvalue weighted by Crippen LogP contribution is -2.28. The van der Waals surface area contributed by atoms with Crippen molar-refractivity contribution in [3.05, 3.63) is 63.7 Å². The van der Waals surface area contributed by atoms with Gasteiger partial charge in [-0.25, -0.2) is 0 Å². The van der Waals surface area contributed by atoms with Crippen molar-refractivity contribution >= 4 is 28.9 Å². The number of hydrogen-bond acceptors (Lipinski definition) is 4. The van der Waals surface area contributed by atoms with Gasteiger partial charge in [0.05, 0.1) is 16.5 Å². The highest BCUT2D eigenvalue weighted by molar-refractivity contribution is 6.03. The van der Waals surface area contributed by atoms with E-state index in [1.54, 1.807) is 17.9 Å². The van der Waals surface area contributed by atoms with Crippen LogP contribution in [0.3, 0.4) is 0 Å². The summed E-state index contributed by atoms with van der Waals surface area (Å²) in [7, 11) is 0. The first kappa shape index (κ1) is 17.6. The number of nitro groups is 1. The van der Waals surface area contributed by atoms with Crippen molar-refractivity contribution in [3.8, 4) is 0 Å². The van der Waals surface area contributed by atoms with Crippen molar-refractivity contribution < 1.29 is 14.5 Å². The Labute approximate surface area is 150 Å². The standard InChI is InChI=1S/C19H19N3O4/c1-12-3-6-15(7-4-12)21-11-14(9-18(21)23)19(24)20-17-10-16(22(25)26)8-5-13(17)2/h3-8,10,14H,9,11H2,1-2H3,(H,20,24)/t14-/m0/s1. The number of carbonyl (C=O) groups excluding carboxylic acids is 2. The topological polar surface area (TPSA) is 92.6 Å². The first-order chi connectivity index (χ1) is 12.3. The highest BCUT2D eigenvalue weighted by Gasteiger charge is 2.35. The highest BCUT2D eigenvalue weighted by atomic mass is 16.6. The first-order valence-corrected chi connectivity index (χ1v) is 8.28. The van der Waals surface area contributed by atoms with Gasteiger partial charge in [-0.05, 0) is 31.5 Å². The second-order valence-corrected chi connectivity index (χ2v) is 6.49. The van der Waals surface area contributed by atoms with Crippen LogP contribution in [-0.2, 0) is 9.59 Å². The molecule has 1 N–H and O–H groups in total. The van der Waals surface area contributed by atoms with Gasteiger partial charge in [-0.15, -0.1) is 0 Å². The molecule has 134 valence electrons. The normalized spacial score (nSPS) is 16.6. The summed E-state index contributed by atoms with van der Waals surface area (Å²) in [5, 5.41) is 13.6. The van der Waals surface area contributed by atoms with Crippen molar-refractivity contribution in [2.45, 2.75) is 20.3 Å². The van der Waals surface area contributed by atoms with Crippen LogP contribution in [0.1, 0.15) is 17.5 Å². The third kappa shape index (κ3) is 3.56. The summed E-state index contributed by atoms with van der Waals surface area (Å²) in [6.07, 6.45) is 0.119. The Morgan fingerprint density at radius 2 is 1.88 bits per heavy atom. The van der Waals surface area contributed by atoms with Gasteiger partial charge < -0.3 is 10.2 Å². The number of nitro benzene ring substituents is 1. The SMILES string of the molecule is Cc1ccc(N2C[C@@H](C(=O)Nc3cc([N+](=O)[O-])ccc3C)CC2=O)cc1. The minimum absolute atomic E-state index is 0.0883. The zero-order valence-electron chi connectivity index (χ0n) is 14.6. The molecule has 7 nitrogen and oxygen atoms in total. The Hall–Kier alpha value is -3.22. The van der Waals surface area contributed by atoms with Gasteiger partial charge in [0.25, 0.3) is 5.69 Å². The molecule has 0 unspecified atom stereocenters. The molecule has 0 spiro atoms. The molecule has 2 aromatic carbocycles. The summed E-state index contributed by atoms with van der Waals surface area (Å²) >= 11 is 0. The van der Waals surface area contributed by atoms with Crippen LogP contribution in [0.15, 0.2) is 42.5 Å². The van der Waals surface area contributed by atoms with Crippen LogP contribution in [0.4, 0.5) is 17.1 Å². The van der Waals surface area contributed by atoms with E-state index < -0.39 is 10.8 Å². The Kier molecular flexibility index (Phi) is 4.71. The van der Waals surface area contributed by atoms with E-state index in [1.807, 2.05) is 31.2 Å². The Morgan fingerprint density at radius 1 is 1.19 bits per heavy atom. The summed E-state index contributed by atoms with van der Waals surface area (Å²) in [4.78, 5) is 36.9. The second-order valence-electron chi connectivity index (χ2n) is 6.49.